The van der Waals surface area contributed by atoms with E-state index in [0.29, 0.717) is 27.3 Å². The number of benzene rings is 2. The van der Waals surface area contributed by atoms with Crippen molar-refractivity contribution in [3.63, 3.8) is 0 Å². The summed E-state index contributed by atoms with van der Waals surface area (Å²) in [5, 5.41) is 10.4. The van der Waals surface area contributed by atoms with Gasteiger partial charge in [-0.25, -0.2) is 8.78 Å². The van der Waals surface area contributed by atoms with E-state index in [1.54, 1.807) is 30.3 Å². The Labute approximate surface area is 151 Å². The Morgan fingerprint density at radius 1 is 1.08 bits per heavy atom. The summed E-state index contributed by atoms with van der Waals surface area (Å²) >= 11 is 5.86. The van der Waals surface area contributed by atoms with Crippen LogP contribution in [0, 0.1) is 11.6 Å². The molecule has 2 aromatic carbocycles. The number of aromatic nitrogens is 3. The van der Waals surface area contributed by atoms with Gasteiger partial charge in [0.2, 0.25) is 0 Å². The zero-order valence-corrected chi connectivity index (χ0v) is 13.9. The van der Waals surface area contributed by atoms with E-state index >= 15 is 0 Å². The Balaban J connectivity index is 1.59. The number of hydrogen-bond donors (Lipinski definition) is 3. The highest BCUT2D eigenvalue weighted by Crippen LogP contribution is 2.26. The van der Waals surface area contributed by atoms with Crippen molar-refractivity contribution < 1.29 is 13.6 Å². The van der Waals surface area contributed by atoms with Gasteiger partial charge >= 0.3 is 0 Å². The van der Waals surface area contributed by atoms with Gasteiger partial charge in [-0.3, -0.25) is 9.89 Å². The van der Waals surface area contributed by atoms with Gasteiger partial charge < -0.3 is 10.3 Å². The van der Waals surface area contributed by atoms with Crippen LogP contribution in [0.25, 0.3) is 22.2 Å². The molecule has 0 fully saturated rings. The highest BCUT2D eigenvalue weighted by molar-refractivity contribution is 6.30. The van der Waals surface area contributed by atoms with Crippen molar-refractivity contribution in [3.8, 4) is 11.3 Å². The Morgan fingerprint density at radius 2 is 1.81 bits per heavy atom. The van der Waals surface area contributed by atoms with Crippen LogP contribution in [0.1, 0.15) is 10.5 Å². The monoisotopic (exact) mass is 372 g/mol. The second kappa shape index (κ2) is 6.27. The number of nitrogens with one attached hydrogen (secondary N) is 3. The smallest absolute Gasteiger partial charge is 0.273 e. The number of H-pyrrole nitrogens is 2. The van der Waals surface area contributed by atoms with Gasteiger partial charge in [-0.05, 0) is 24.3 Å². The van der Waals surface area contributed by atoms with Crippen LogP contribution in [-0.4, -0.2) is 21.1 Å². The summed E-state index contributed by atoms with van der Waals surface area (Å²) in [6, 6.07) is 10.7. The van der Waals surface area contributed by atoms with Crippen LogP contribution in [0.4, 0.5) is 14.5 Å². The Kier molecular flexibility index (Phi) is 3.93. The second-order valence-electron chi connectivity index (χ2n) is 5.64. The normalized spacial score (nSPS) is 11.0. The van der Waals surface area contributed by atoms with E-state index in [1.165, 1.54) is 6.20 Å². The first-order valence-corrected chi connectivity index (χ1v) is 7.98. The molecule has 0 saturated heterocycles. The molecule has 8 heteroatoms. The largest absolute Gasteiger partial charge is 0.359 e. The fourth-order valence-corrected chi connectivity index (χ4v) is 2.74. The number of nitrogens with zero attached hydrogens (tertiary/aromatic N) is 1. The van der Waals surface area contributed by atoms with Crippen LogP contribution in [0.15, 0.2) is 48.7 Å². The molecule has 2 aromatic heterocycles. The van der Waals surface area contributed by atoms with Crippen LogP contribution >= 0.6 is 11.6 Å². The zero-order chi connectivity index (χ0) is 18.3. The van der Waals surface area contributed by atoms with Crippen molar-refractivity contribution >= 4 is 34.1 Å². The average Bonchev–Trinajstić information content (AvgIpc) is 3.25. The van der Waals surface area contributed by atoms with Crippen molar-refractivity contribution in [2.75, 3.05) is 5.32 Å². The van der Waals surface area contributed by atoms with Gasteiger partial charge in [0.1, 0.15) is 5.69 Å². The molecule has 0 unspecified atom stereocenters. The van der Waals surface area contributed by atoms with E-state index < -0.39 is 17.5 Å². The highest BCUT2D eigenvalue weighted by atomic mass is 35.5. The summed E-state index contributed by atoms with van der Waals surface area (Å²) in [4.78, 5) is 15.2. The summed E-state index contributed by atoms with van der Waals surface area (Å²) in [5.74, 6) is -2.40. The maximum absolute atomic E-state index is 13.5. The van der Waals surface area contributed by atoms with Gasteiger partial charge in [0.05, 0.1) is 16.9 Å². The van der Waals surface area contributed by atoms with Crippen molar-refractivity contribution in [1.82, 2.24) is 15.2 Å². The predicted molar refractivity (Wildman–Crippen MR) is 95.2 cm³/mol. The van der Waals surface area contributed by atoms with Crippen molar-refractivity contribution in [2.45, 2.75) is 0 Å². The topological polar surface area (TPSA) is 73.6 Å². The third-order valence-electron chi connectivity index (χ3n) is 3.93. The first-order chi connectivity index (χ1) is 12.5. The summed E-state index contributed by atoms with van der Waals surface area (Å²) in [5.41, 5.74) is 2.33. The molecular formula is C18H11ClF2N4O. The summed E-state index contributed by atoms with van der Waals surface area (Å²) in [6.45, 7) is 0. The minimum Gasteiger partial charge on any atom is -0.359 e. The maximum atomic E-state index is 13.5. The minimum atomic E-state index is -0.987. The molecule has 0 aliphatic carbocycles. The number of rotatable bonds is 3. The number of fused-ring (bicyclic) bond motifs is 1. The lowest BCUT2D eigenvalue weighted by molar-refractivity contribution is 0.102. The van der Waals surface area contributed by atoms with E-state index in [-0.39, 0.29) is 5.69 Å². The van der Waals surface area contributed by atoms with Gasteiger partial charge in [0.15, 0.2) is 11.6 Å². The fraction of sp³-hybridized carbons (Fsp3) is 0. The predicted octanol–water partition coefficient (Wildman–Crippen LogP) is 4.74. The summed E-state index contributed by atoms with van der Waals surface area (Å²) < 4.78 is 26.7. The number of amides is 1. The molecule has 0 aliphatic rings. The zero-order valence-electron chi connectivity index (χ0n) is 13.1. The average molecular weight is 373 g/mol. The number of halogens is 3. The van der Waals surface area contributed by atoms with Gasteiger partial charge in [-0.15, -0.1) is 0 Å². The second-order valence-corrected chi connectivity index (χ2v) is 6.08. The van der Waals surface area contributed by atoms with Crippen LogP contribution in [0.2, 0.25) is 5.02 Å². The first kappa shape index (κ1) is 16.3. The van der Waals surface area contributed by atoms with Gasteiger partial charge in [0, 0.05) is 28.2 Å². The summed E-state index contributed by atoms with van der Waals surface area (Å²) in [7, 11) is 0. The molecule has 0 aliphatic heterocycles. The Hall–Kier alpha value is -3.19. The quantitative estimate of drug-likeness (QED) is 0.486. The molecule has 130 valence electrons. The molecule has 0 radical (unpaired) electrons. The molecule has 4 aromatic rings. The number of carbonyl (C=O) groups excluding carboxylic acids is 1. The highest BCUT2D eigenvalue weighted by Gasteiger charge is 2.15. The molecule has 0 atom stereocenters. The molecule has 1 amide bonds. The number of carbonyl (C=O) groups is 1. The Bertz CT molecular complexity index is 1120. The molecular weight excluding hydrogens is 362 g/mol. The molecule has 5 nitrogen and oxygen atoms in total. The molecule has 0 bridgehead atoms. The Morgan fingerprint density at radius 3 is 2.58 bits per heavy atom. The minimum absolute atomic E-state index is 0.229. The van der Waals surface area contributed by atoms with Gasteiger partial charge in [-0.1, -0.05) is 23.7 Å². The van der Waals surface area contributed by atoms with Crippen LogP contribution < -0.4 is 5.32 Å². The number of anilines is 1. The lowest BCUT2D eigenvalue weighted by Crippen LogP contribution is -2.12. The molecule has 0 saturated carbocycles. The third-order valence-corrected chi connectivity index (χ3v) is 4.19. The lowest BCUT2D eigenvalue weighted by Gasteiger charge is -2.02. The van der Waals surface area contributed by atoms with Crippen LogP contribution in [0.5, 0.6) is 0 Å². The van der Waals surface area contributed by atoms with Crippen molar-refractivity contribution in [3.05, 3.63) is 71.0 Å². The van der Waals surface area contributed by atoms with Crippen molar-refractivity contribution in [2.24, 2.45) is 0 Å². The van der Waals surface area contributed by atoms with Crippen LogP contribution in [0.3, 0.4) is 0 Å². The van der Waals surface area contributed by atoms with Crippen molar-refractivity contribution in [1.29, 1.82) is 0 Å². The van der Waals surface area contributed by atoms with E-state index in [1.807, 2.05) is 0 Å². The van der Waals surface area contributed by atoms with E-state index in [9.17, 15) is 13.6 Å². The SMILES string of the molecule is O=C(Nc1c[nH]c2cc(F)c(F)cc12)c1cc(-c2ccc(Cl)cc2)n[nH]1. The number of hydrogen-bond acceptors (Lipinski definition) is 2. The van der Waals surface area contributed by atoms with E-state index in [0.717, 1.165) is 17.7 Å². The summed E-state index contributed by atoms with van der Waals surface area (Å²) in [6.07, 6.45) is 1.47. The fourth-order valence-electron chi connectivity index (χ4n) is 2.62. The maximum Gasteiger partial charge on any atom is 0.273 e. The standard InChI is InChI=1S/C18H11ClF2N4O/c19-10-3-1-9(2-4-10)14-7-16(25-24-14)18(26)23-17-8-22-15-6-13(21)12(20)5-11(15)17/h1-8,22H,(H,23,26)(H,24,25). The first-order valence-electron chi connectivity index (χ1n) is 7.60. The van der Waals surface area contributed by atoms with Gasteiger partial charge in [-0.2, -0.15) is 5.10 Å². The molecule has 0 spiro atoms. The molecule has 4 rings (SSSR count). The molecule has 2 heterocycles. The third kappa shape index (κ3) is 2.93. The number of aromatic amines is 2. The lowest BCUT2D eigenvalue weighted by atomic mass is 10.1. The van der Waals surface area contributed by atoms with E-state index in [2.05, 4.69) is 20.5 Å². The van der Waals surface area contributed by atoms with Crippen LogP contribution in [-0.2, 0) is 0 Å². The van der Waals surface area contributed by atoms with E-state index in [4.69, 9.17) is 11.6 Å². The van der Waals surface area contributed by atoms with Gasteiger partial charge in [0.25, 0.3) is 5.91 Å². The molecule has 3 N–H and O–H groups in total. The molecule has 26 heavy (non-hydrogen) atoms.